The molecule has 0 N–H and O–H groups in total. The van der Waals surface area contributed by atoms with Crippen molar-refractivity contribution in [1.82, 2.24) is 4.90 Å². The van der Waals surface area contributed by atoms with Gasteiger partial charge < -0.3 is 0 Å². The van der Waals surface area contributed by atoms with Gasteiger partial charge in [-0.3, -0.25) is 4.58 Å². The molecule has 1 aromatic rings. The third-order valence-electron chi connectivity index (χ3n) is 6.40. The molecule has 2 atom stereocenters. The summed E-state index contributed by atoms with van der Waals surface area (Å²) >= 11 is 0. The minimum atomic E-state index is 0.0798. The standard InChI is InChI=1S/C19H29N2/c1-10-11(2)13(4)17-16(12(10)3)18-20(9)14(5)15(6)21(18)19(17,7)8/h14-15H,1-9H3/q+1. The van der Waals surface area contributed by atoms with Crippen LogP contribution in [0.1, 0.15) is 61.1 Å². The van der Waals surface area contributed by atoms with Crippen molar-refractivity contribution in [3.8, 4) is 0 Å². The van der Waals surface area contributed by atoms with Crippen molar-refractivity contribution in [2.75, 3.05) is 7.05 Å². The lowest BCUT2D eigenvalue weighted by molar-refractivity contribution is -0.526. The van der Waals surface area contributed by atoms with E-state index in [1.807, 2.05) is 0 Å². The van der Waals surface area contributed by atoms with Gasteiger partial charge in [0.1, 0.15) is 17.6 Å². The molecule has 0 radical (unpaired) electrons. The van der Waals surface area contributed by atoms with E-state index in [2.05, 4.69) is 71.9 Å². The fraction of sp³-hybridized carbons (Fsp3) is 0.632. The second kappa shape index (κ2) is 4.12. The van der Waals surface area contributed by atoms with Crippen LogP contribution in [0.3, 0.4) is 0 Å². The van der Waals surface area contributed by atoms with Crippen molar-refractivity contribution in [1.29, 1.82) is 0 Å². The van der Waals surface area contributed by atoms with E-state index < -0.39 is 0 Å². The number of nitrogens with zero attached hydrogens (tertiary/aromatic N) is 2. The minimum absolute atomic E-state index is 0.0798. The summed E-state index contributed by atoms with van der Waals surface area (Å²) in [4.78, 5) is 2.65. The summed E-state index contributed by atoms with van der Waals surface area (Å²) in [6, 6.07) is 1.11. The second-order valence-electron chi connectivity index (χ2n) is 7.59. The Hall–Kier alpha value is -1.31. The predicted molar refractivity (Wildman–Crippen MR) is 89.5 cm³/mol. The maximum atomic E-state index is 2.65. The van der Waals surface area contributed by atoms with E-state index in [1.54, 1.807) is 5.56 Å². The lowest BCUT2D eigenvalue weighted by atomic mass is 9.82. The maximum absolute atomic E-state index is 2.65. The zero-order chi connectivity index (χ0) is 15.9. The zero-order valence-corrected chi connectivity index (χ0v) is 15.0. The minimum Gasteiger partial charge on any atom is -0.257 e. The Morgan fingerprint density at radius 1 is 0.905 bits per heavy atom. The number of amidine groups is 1. The number of fused-ring (bicyclic) bond motifs is 3. The van der Waals surface area contributed by atoms with E-state index >= 15 is 0 Å². The molecule has 0 saturated carbocycles. The monoisotopic (exact) mass is 285 g/mol. The van der Waals surface area contributed by atoms with E-state index in [0.717, 1.165) is 0 Å². The summed E-state index contributed by atoms with van der Waals surface area (Å²) in [6.07, 6.45) is 0. The molecule has 0 fully saturated rings. The summed E-state index contributed by atoms with van der Waals surface area (Å²) in [7, 11) is 2.26. The normalized spacial score (nSPS) is 26.4. The molecule has 0 amide bonds. The van der Waals surface area contributed by atoms with Crippen molar-refractivity contribution in [2.24, 2.45) is 0 Å². The lowest BCUT2D eigenvalue weighted by Gasteiger charge is -2.31. The molecule has 2 aliphatic heterocycles. The second-order valence-corrected chi connectivity index (χ2v) is 7.59. The van der Waals surface area contributed by atoms with Crippen LogP contribution in [0, 0.1) is 27.7 Å². The molecule has 0 aliphatic carbocycles. The molecule has 0 saturated heterocycles. The van der Waals surface area contributed by atoms with E-state index in [1.165, 1.54) is 33.7 Å². The summed E-state index contributed by atoms with van der Waals surface area (Å²) in [6.45, 7) is 18.6. The fourth-order valence-corrected chi connectivity index (χ4v) is 4.64. The van der Waals surface area contributed by atoms with Crippen LogP contribution in [0.5, 0.6) is 0 Å². The molecule has 3 rings (SSSR count). The molecule has 0 bridgehead atoms. The fourth-order valence-electron chi connectivity index (χ4n) is 4.64. The smallest absolute Gasteiger partial charge is 0.257 e. The van der Waals surface area contributed by atoms with Crippen LogP contribution in [-0.2, 0) is 5.54 Å². The Morgan fingerprint density at radius 2 is 1.43 bits per heavy atom. The average Bonchev–Trinajstić information content (AvgIpc) is 2.80. The van der Waals surface area contributed by atoms with Gasteiger partial charge >= 0.3 is 0 Å². The molecule has 0 aromatic heterocycles. The van der Waals surface area contributed by atoms with Crippen LogP contribution in [-0.4, -0.2) is 34.4 Å². The number of hydrogen-bond acceptors (Lipinski definition) is 1. The molecule has 2 aliphatic rings. The Labute approximate surface area is 129 Å². The highest BCUT2D eigenvalue weighted by molar-refractivity contribution is 6.03. The maximum Gasteiger partial charge on any atom is 0.281 e. The quantitative estimate of drug-likeness (QED) is 0.660. The predicted octanol–water partition coefficient (Wildman–Crippen LogP) is 3.65. The summed E-state index contributed by atoms with van der Waals surface area (Å²) in [5, 5.41) is 0. The van der Waals surface area contributed by atoms with Crippen LogP contribution in [0.2, 0.25) is 0 Å². The molecule has 1 aromatic carbocycles. The van der Waals surface area contributed by atoms with E-state index in [4.69, 9.17) is 0 Å². The van der Waals surface area contributed by atoms with Crippen LogP contribution >= 0.6 is 0 Å². The van der Waals surface area contributed by atoms with Gasteiger partial charge in [0.2, 0.25) is 0 Å². The van der Waals surface area contributed by atoms with Crippen molar-refractivity contribution in [3.05, 3.63) is 33.4 Å². The lowest BCUT2D eigenvalue weighted by Crippen LogP contribution is -2.44. The van der Waals surface area contributed by atoms with E-state index in [9.17, 15) is 0 Å². The first-order valence-corrected chi connectivity index (χ1v) is 8.12. The highest BCUT2D eigenvalue weighted by atomic mass is 15.4. The molecule has 2 heterocycles. The number of rotatable bonds is 0. The first-order chi connectivity index (χ1) is 9.62. The van der Waals surface area contributed by atoms with Crippen molar-refractivity contribution < 1.29 is 4.58 Å². The molecule has 2 nitrogen and oxygen atoms in total. The topological polar surface area (TPSA) is 6.25 Å². The first kappa shape index (κ1) is 14.6. The van der Waals surface area contributed by atoms with E-state index in [0.29, 0.717) is 12.1 Å². The average molecular weight is 285 g/mol. The number of hydrogen-bond donors (Lipinski definition) is 0. The largest absolute Gasteiger partial charge is 0.281 e. The van der Waals surface area contributed by atoms with Gasteiger partial charge in [-0.2, -0.15) is 0 Å². The zero-order valence-electron chi connectivity index (χ0n) is 15.0. The third-order valence-corrected chi connectivity index (χ3v) is 6.40. The third kappa shape index (κ3) is 1.51. The SMILES string of the molecule is Cc1c(C)c(C)c2c(c1C)C1=[N+](C)C(C)C(C)N1C2(C)C. The van der Waals surface area contributed by atoms with Crippen molar-refractivity contribution in [3.63, 3.8) is 0 Å². The first-order valence-electron chi connectivity index (χ1n) is 8.12. The highest BCUT2D eigenvalue weighted by Gasteiger charge is 2.58. The van der Waals surface area contributed by atoms with Crippen LogP contribution < -0.4 is 0 Å². The molecule has 114 valence electrons. The van der Waals surface area contributed by atoms with Gasteiger partial charge in [0.15, 0.2) is 0 Å². The molecule has 0 spiro atoms. The number of likely N-dealkylation sites (N-methyl/N-ethyl adjacent to an activating group) is 1. The Kier molecular flexibility index (Phi) is 2.87. The van der Waals surface area contributed by atoms with Gasteiger partial charge in [-0.05, 0) is 77.6 Å². The van der Waals surface area contributed by atoms with Crippen molar-refractivity contribution in [2.45, 2.75) is 73.0 Å². The van der Waals surface area contributed by atoms with Gasteiger partial charge in [0.25, 0.3) is 5.84 Å². The van der Waals surface area contributed by atoms with Gasteiger partial charge in [0, 0.05) is 5.56 Å². The highest BCUT2D eigenvalue weighted by Crippen LogP contribution is 2.47. The Bertz CT molecular complexity index is 680. The summed E-state index contributed by atoms with van der Waals surface area (Å²) in [5.41, 5.74) is 8.99. The van der Waals surface area contributed by atoms with Crippen LogP contribution in [0.15, 0.2) is 0 Å². The molecule has 2 heteroatoms. The molecular weight excluding hydrogens is 256 g/mol. The summed E-state index contributed by atoms with van der Waals surface area (Å²) in [5.74, 6) is 1.44. The Morgan fingerprint density at radius 3 is 2.00 bits per heavy atom. The Balaban J connectivity index is 2.46. The van der Waals surface area contributed by atoms with Crippen molar-refractivity contribution >= 4 is 5.84 Å². The van der Waals surface area contributed by atoms with Gasteiger partial charge in [0.05, 0.1) is 12.6 Å². The van der Waals surface area contributed by atoms with Crippen LogP contribution in [0.25, 0.3) is 0 Å². The van der Waals surface area contributed by atoms with Crippen LogP contribution in [0.4, 0.5) is 0 Å². The van der Waals surface area contributed by atoms with Gasteiger partial charge in [-0.15, -0.1) is 0 Å². The summed E-state index contributed by atoms with van der Waals surface area (Å²) < 4.78 is 2.49. The molecular formula is C19H29N2+. The molecule has 21 heavy (non-hydrogen) atoms. The van der Waals surface area contributed by atoms with E-state index in [-0.39, 0.29) is 5.54 Å². The van der Waals surface area contributed by atoms with Gasteiger partial charge in [-0.1, -0.05) is 0 Å². The molecule has 2 unspecified atom stereocenters. The van der Waals surface area contributed by atoms with Gasteiger partial charge in [-0.25, -0.2) is 4.90 Å². The number of benzene rings is 1.